The number of fused-ring (bicyclic) bond motifs is 1. The summed E-state index contributed by atoms with van der Waals surface area (Å²) in [4.78, 5) is 24.7. The van der Waals surface area contributed by atoms with Crippen LogP contribution >= 0.6 is 0 Å². The van der Waals surface area contributed by atoms with Crippen molar-refractivity contribution in [2.75, 3.05) is 19.1 Å². The summed E-state index contributed by atoms with van der Waals surface area (Å²) in [5, 5.41) is 8.99. The normalized spacial score (nSPS) is 21.9. The first-order chi connectivity index (χ1) is 8.40. The monoisotopic (exact) mass is 249 g/mol. The molecule has 1 aromatic carbocycles. The third-order valence-electron chi connectivity index (χ3n) is 3.44. The molecule has 2 rings (SSSR count). The average molecular weight is 249 g/mol. The fraction of sp³-hybridized carbons (Fsp3) is 0.385. The van der Waals surface area contributed by atoms with Gasteiger partial charge in [0.2, 0.25) is 5.91 Å². The Labute approximate surface area is 105 Å². The van der Waals surface area contributed by atoms with Gasteiger partial charge in [0, 0.05) is 12.7 Å². The summed E-state index contributed by atoms with van der Waals surface area (Å²) in [7, 11) is 3.19. The van der Waals surface area contributed by atoms with E-state index in [9.17, 15) is 9.59 Å². The molecular formula is C13H15NO4. The van der Waals surface area contributed by atoms with E-state index in [4.69, 9.17) is 9.84 Å². The maximum atomic E-state index is 12.2. The number of methoxy groups -OCH3 is 1. The molecule has 1 aliphatic heterocycles. The van der Waals surface area contributed by atoms with Crippen LogP contribution in [0.15, 0.2) is 18.2 Å². The number of carboxylic acid groups (broad SMARTS) is 1. The average Bonchev–Trinajstić information content (AvgIpc) is 2.51. The largest absolute Gasteiger partial charge is 0.497 e. The lowest BCUT2D eigenvalue weighted by Gasteiger charge is -2.20. The number of benzene rings is 1. The SMILES string of the molecule is COc1ccc2c(c1)[C@](C)(CC(=O)O)C(=O)N2C. The molecule has 0 bridgehead atoms. The summed E-state index contributed by atoms with van der Waals surface area (Å²) in [6.45, 7) is 1.66. The quantitative estimate of drug-likeness (QED) is 0.879. The van der Waals surface area contributed by atoms with Crippen LogP contribution in [0.5, 0.6) is 5.75 Å². The highest BCUT2D eigenvalue weighted by molar-refractivity contribution is 6.09. The van der Waals surface area contributed by atoms with E-state index in [2.05, 4.69) is 0 Å². The van der Waals surface area contributed by atoms with Gasteiger partial charge in [0.1, 0.15) is 5.75 Å². The van der Waals surface area contributed by atoms with Crippen LogP contribution in [0, 0.1) is 0 Å². The van der Waals surface area contributed by atoms with Crippen LogP contribution in [-0.2, 0) is 15.0 Å². The van der Waals surface area contributed by atoms with E-state index >= 15 is 0 Å². The highest BCUT2D eigenvalue weighted by Crippen LogP contribution is 2.44. The first-order valence-electron chi connectivity index (χ1n) is 5.58. The number of aliphatic carboxylic acids is 1. The molecule has 5 heteroatoms. The second-order valence-corrected chi connectivity index (χ2v) is 4.65. The van der Waals surface area contributed by atoms with Crippen LogP contribution in [0.4, 0.5) is 5.69 Å². The molecule has 0 spiro atoms. The van der Waals surface area contributed by atoms with Crippen molar-refractivity contribution in [1.29, 1.82) is 0 Å². The molecule has 1 atom stereocenters. The highest BCUT2D eigenvalue weighted by atomic mass is 16.5. The summed E-state index contributed by atoms with van der Waals surface area (Å²) >= 11 is 0. The lowest BCUT2D eigenvalue weighted by atomic mass is 9.80. The maximum Gasteiger partial charge on any atom is 0.304 e. The fourth-order valence-corrected chi connectivity index (χ4v) is 2.44. The Bertz CT molecular complexity index is 526. The lowest BCUT2D eigenvalue weighted by Crippen LogP contribution is -2.37. The van der Waals surface area contributed by atoms with Gasteiger partial charge in [-0.05, 0) is 30.7 Å². The number of carbonyl (C=O) groups excluding carboxylic acids is 1. The molecule has 0 radical (unpaired) electrons. The van der Waals surface area contributed by atoms with Crippen molar-refractivity contribution >= 4 is 17.6 Å². The Morgan fingerprint density at radius 1 is 1.50 bits per heavy atom. The minimum absolute atomic E-state index is 0.201. The number of rotatable bonds is 3. The number of hydrogen-bond acceptors (Lipinski definition) is 3. The molecular weight excluding hydrogens is 234 g/mol. The van der Waals surface area contributed by atoms with Gasteiger partial charge in [-0.15, -0.1) is 0 Å². The van der Waals surface area contributed by atoms with Crippen molar-refractivity contribution in [3.63, 3.8) is 0 Å². The molecule has 1 N–H and O–H groups in total. The smallest absolute Gasteiger partial charge is 0.304 e. The van der Waals surface area contributed by atoms with Crippen molar-refractivity contribution in [3.8, 4) is 5.75 Å². The van der Waals surface area contributed by atoms with Gasteiger partial charge in [0.25, 0.3) is 0 Å². The van der Waals surface area contributed by atoms with Gasteiger partial charge < -0.3 is 14.7 Å². The number of anilines is 1. The molecule has 5 nitrogen and oxygen atoms in total. The molecule has 0 aromatic heterocycles. The molecule has 0 fully saturated rings. The second-order valence-electron chi connectivity index (χ2n) is 4.65. The Hall–Kier alpha value is -2.04. The number of nitrogens with zero attached hydrogens (tertiary/aromatic N) is 1. The second kappa shape index (κ2) is 4.01. The first-order valence-corrected chi connectivity index (χ1v) is 5.58. The topological polar surface area (TPSA) is 66.8 Å². The van der Waals surface area contributed by atoms with E-state index in [1.165, 1.54) is 12.0 Å². The van der Waals surface area contributed by atoms with Crippen LogP contribution in [0.1, 0.15) is 18.9 Å². The predicted octanol–water partition coefficient (Wildman–Crippen LogP) is 1.40. The van der Waals surface area contributed by atoms with E-state index < -0.39 is 11.4 Å². The van der Waals surface area contributed by atoms with Crippen LogP contribution in [0.2, 0.25) is 0 Å². The Kier molecular flexibility index (Phi) is 2.77. The third-order valence-corrected chi connectivity index (χ3v) is 3.44. The van der Waals surface area contributed by atoms with Gasteiger partial charge in [-0.2, -0.15) is 0 Å². The first kappa shape index (κ1) is 12.4. The molecule has 1 aromatic rings. The number of carboxylic acids is 1. The summed E-state index contributed by atoms with van der Waals surface area (Å²) in [6.07, 6.45) is -0.226. The lowest BCUT2D eigenvalue weighted by molar-refractivity contribution is -0.140. The van der Waals surface area contributed by atoms with E-state index in [1.54, 1.807) is 32.2 Å². The Morgan fingerprint density at radius 2 is 2.17 bits per heavy atom. The van der Waals surface area contributed by atoms with Crippen LogP contribution in [0.25, 0.3) is 0 Å². The van der Waals surface area contributed by atoms with Crippen molar-refractivity contribution < 1.29 is 19.4 Å². The molecule has 0 saturated carbocycles. The van der Waals surface area contributed by atoms with Crippen molar-refractivity contribution in [3.05, 3.63) is 23.8 Å². The Balaban J connectivity index is 2.58. The van der Waals surface area contributed by atoms with Crippen molar-refractivity contribution in [2.24, 2.45) is 0 Å². The van der Waals surface area contributed by atoms with Crippen molar-refractivity contribution in [2.45, 2.75) is 18.8 Å². The zero-order valence-electron chi connectivity index (χ0n) is 10.6. The maximum absolute atomic E-state index is 12.2. The predicted molar refractivity (Wildman–Crippen MR) is 66.0 cm³/mol. The van der Waals surface area contributed by atoms with E-state index in [1.807, 2.05) is 0 Å². The molecule has 1 aliphatic rings. The Morgan fingerprint density at radius 3 is 2.72 bits per heavy atom. The van der Waals surface area contributed by atoms with Crippen LogP contribution < -0.4 is 9.64 Å². The minimum atomic E-state index is -1.02. The molecule has 1 amide bonds. The fourth-order valence-electron chi connectivity index (χ4n) is 2.44. The van der Waals surface area contributed by atoms with Gasteiger partial charge in [-0.1, -0.05) is 0 Å². The summed E-state index contributed by atoms with van der Waals surface area (Å²) < 4.78 is 5.13. The molecule has 0 unspecified atom stereocenters. The summed E-state index contributed by atoms with van der Waals surface area (Å²) in [5.41, 5.74) is 0.422. The zero-order chi connectivity index (χ0) is 13.5. The van der Waals surface area contributed by atoms with Gasteiger partial charge in [-0.25, -0.2) is 0 Å². The van der Waals surface area contributed by atoms with Crippen LogP contribution in [0.3, 0.4) is 0 Å². The number of amides is 1. The number of likely N-dealkylation sites (N-methyl/N-ethyl adjacent to an activating group) is 1. The number of carbonyl (C=O) groups is 2. The number of ether oxygens (including phenoxy) is 1. The van der Waals surface area contributed by atoms with Gasteiger partial charge >= 0.3 is 5.97 Å². The summed E-state index contributed by atoms with van der Waals surface area (Å²) in [6, 6.07) is 5.27. The summed E-state index contributed by atoms with van der Waals surface area (Å²) in [5.74, 6) is -0.573. The van der Waals surface area contributed by atoms with E-state index in [-0.39, 0.29) is 12.3 Å². The third kappa shape index (κ3) is 1.63. The molecule has 1 heterocycles. The van der Waals surface area contributed by atoms with E-state index in [0.717, 1.165) is 5.69 Å². The van der Waals surface area contributed by atoms with Crippen LogP contribution in [-0.4, -0.2) is 31.1 Å². The molecule has 0 saturated heterocycles. The van der Waals surface area contributed by atoms with Gasteiger partial charge in [0.05, 0.1) is 18.9 Å². The zero-order valence-corrected chi connectivity index (χ0v) is 10.6. The highest BCUT2D eigenvalue weighted by Gasteiger charge is 2.47. The molecule has 18 heavy (non-hydrogen) atoms. The molecule has 0 aliphatic carbocycles. The van der Waals surface area contributed by atoms with Crippen molar-refractivity contribution in [1.82, 2.24) is 0 Å². The number of hydrogen-bond donors (Lipinski definition) is 1. The minimum Gasteiger partial charge on any atom is -0.497 e. The van der Waals surface area contributed by atoms with Gasteiger partial charge in [-0.3, -0.25) is 9.59 Å². The molecule has 96 valence electrons. The standard InChI is InChI=1S/C13H15NO4/c1-13(7-11(15)16)9-6-8(18-3)4-5-10(9)14(2)12(13)17/h4-6H,7H2,1-3H3,(H,15,16)/t13-/m0/s1. The van der Waals surface area contributed by atoms with Gasteiger partial charge in [0.15, 0.2) is 0 Å². The van der Waals surface area contributed by atoms with E-state index in [0.29, 0.717) is 11.3 Å².